The summed E-state index contributed by atoms with van der Waals surface area (Å²) < 4.78 is 2.67. The van der Waals surface area contributed by atoms with E-state index in [9.17, 15) is 0 Å². The van der Waals surface area contributed by atoms with Crippen LogP contribution in [0.15, 0.2) is 152 Å². The molecule has 0 amide bonds. The Morgan fingerprint density at radius 2 is 1.02 bits per heavy atom. The summed E-state index contributed by atoms with van der Waals surface area (Å²) in [4.78, 5) is 2.51. The van der Waals surface area contributed by atoms with Crippen LogP contribution in [0, 0.1) is 0 Å². The fourth-order valence-electron chi connectivity index (χ4n) is 9.07. The van der Waals surface area contributed by atoms with E-state index in [4.69, 9.17) is 0 Å². The van der Waals surface area contributed by atoms with Crippen molar-refractivity contribution in [3.05, 3.63) is 174 Å². The Morgan fingerprint density at radius 3 is 1.82 bits per heavy atom. The first-order valence-electron chi connectivity index (χ1n) is 17.6. The molecule has 0 bridgehead atoms. The van der Waals surface area contributed by atoms with E-state index in [0.29, 0.717) is 0 Å². The number of benzene rings is 7. The van der Waals surface area contributed by atoms with Gasteiger partial charge in [0.05, 0.1) is 5.69 Å². The maximum atomic E-state index is 2.51. The molecule has 0 unspecified atom stereocenters. The lowest BCUT2D eigenvalue weighted by atomic mass is 9.81. The maximum absolute atomic E-state index is 2.51. The van der Waals surface area contributed by atoms with Crippen molar-refractivity contribution in [3.63, 3.8) is 0 Å². The predicted octanol–water partition coefficient (Wildman–Crippen LogP) is 13.8. The summed E-state index contributed by atoms with van der Waals surface area (Å²) in [6, 6.07) is 56.7. The van der Waals surface area contributed by atoms with Gasteiger partial charge in [0.2, 0.25) is 0 Å². The zero-order valence-electron chi connectivity index (χ0n) is 28.8. The zero-order chi connectivity index (χ0) is 33.8. The summed E-state index contributed by atoms with van der Waals surface area (Å²) in [5.41, 5.74) is 16.8. The smallest absolute Gasteiger partial charge is 0.0508 e. The van der Waals surface area contributed by atoms with E-state index in [1.165, 1.54) is 87.2 Å². The molecular formula is C48H37NS. The standard InChI is InChI=1S/C48H37NS/c1-47(2)39-18-8-5-13-34(39)36-28-27-32(29-41(36)47)49(42-20-11-17-37-35-14-6-9-19-40(35)48(3,4)46(37)42)31-25-23-30(24-26-31)33-16-12-22-44-45(33)38-15-7-10-21-43(38)50-44/h5-29H,1-4H3. The topological polar surface area (TPSA) is 3.24 Å². The molecule has 0 N–H and O–H groups in total. The first-order valence-corrected chi connectivity index (χ1v) is 18.4. The van der Waals surface area contributed by atoms with Crippen LogP contribution in [0.4, 0.5) is 17.1 Å². The van der Waals surface area contributed by atoms with Crippen molar-refractivity contribution in [2.24, 2.45) is 0 Å². The number of hydrogen-bond acceptors (Lipinski definition) is 2. The van der Waals surface area contributed by atoms with Crippen LogP contribution in [0.1, 0.15) is 49.9 Å². The minimum absolute atomic E-state index is 0.0897. The third-order valence-electron chi connectivity index (χ3n) is 11.5. The molecule has 1 heterocycles. The molecule has 8 aromatic rings. The molecule has 2 aliphatic carbocycles. The van der Waals surface area contributed by atoms with Crippen LogP contribution in [0.25, 0.3) is 53.6 Å². The fourth-order valence-corrected chi connectivity index (χ4v) is 10.2. The molecule has 0 spiro atoms. The number of thiophene rings is 1. The van der Waals surface area contributed by atoms with Crippen LogP contribution in [0.5, 0.6) is 0 Å². The normalized spacial score (nSPS) is 14.7. The van der Waals surface area contributed by atoms with Crippen molar-refractivity contribution >= 4 is 48.6 Å². The van der Waals surface area contributed by atoms with Gasteiger partial charge in [-0.15, -0.1) is 11.3 Å². The summed E-state index contributed by atoms with van der Waals surface area (Å²) in [7, 11) is 0. The number of rotatable bonds is 4. The molecule has 10 rings (SSSR count). The number of hydrogen-bond donors (Lipinski definition) is 0. The summed E-state index contributed by atoms with van der Waals surface area (Å²) >= 11 is 1.88. The SMILES string of the molecule is CC1(C)c2ccccc2-c2ccc(N(c3ccc(-c4cccc5sc6ccccc6c45)cc3)c3cccc4c3C(C)(C)c3ccccc3-4)cc21. The van der Waals surface area contributed by atoms with Gasteiger partial charge in [-0.1, -0.05) is 137 Å². The molecule has 0 aliphatic heterocycles. The Morgan fingerprint density at radius 1 is 0.440 bits per heavy atom. The second kappa shape index (κ2) is 10.5. The van der Waals surface area contributed by atoms with Gasteiger partial charge in [0.15, 0.2) is 0 Å². The highest BCUT2D eigenvalue weighted by atomic mass is 32.1. The van der Waals surface area contributed by atoms with Crippen molar-refractivity contribution in [2.75, 3.05) is 4.90 Å². The lowest BCUT2D eigenvalue weighted by Crippen LogP contribution is -2.21. The average molecular weight is 660 g/mol. The Balaban J connectivity index is 1.18. The number of anilines is 3. The zero-order valence-corrected chi connectivity index (χ0v) is 29.6. The molecule has 240 valence electrons. The van der Waals surface area contributed by atoms with Gasteiger partial charge in [-0.25, -0.2) is 0 Å². The molecule has 0 saturated carbocycles. The molecule has 0 saturated heterocycles. The van der Waals surface area contributed by atoms with Gasteiger partial charge in [0, 0.05) is 42.4 Å². The fraction of sp³-hybridized carbons (Fsp3) is 0.125. The molecular weight excluding hydrogens is 623 g/mol. The van der Waals surface area contributed by atoms with Crippen molar-refractivity contribution in [1.82, 2.24) is 0 Å². The molecule has 7 aromatic carbocycles. The molecule has 0 atom stereocenters. The highest BCUT2D eigenvalue weighted by Crippen LogP contribution is 2.56. The Hall–Kier alpha value is -5.44. The van der Waals surface area contributed by atoms with E-state index in [-0.39, 0.29) is 10.8 Å². The van der Waals surface area contributed by atoms with E-state index in [1.54, 1.807) is 0 Å². The predicted molar refractivity (Wildman–Crippen MR) is 215 cm³/mol. The van der Waals surface area contributed by atoms with E-state index in [1.807, 2.05) is 11.3 Å². The van der Waals surface area contributed by atoms with Crippen molar-refractivity contribution in [1.29, 1.82) is 0 Å². The first kappa shape index (κ1) is 29.5. The Labute approximate surface area is 298 Å². The molecule has 2 heteroatoms. The second-order valence-electron chi connectivity index (χ2n) is 14.9. The van der Waals surface area contributed by atoms with E-state index < -0.39 is 0 Å². The molecule has 2 aliphatic rings. The van der Waals surface area contributed by atoms with E-state index >= 15 is 0 Å². The average Bonchev–Trinajstić information content (AvgIpc) is 3.72. The quantitative estimate of drug-likeness (QED) is 0.182. The largest absolute Gasteiger partial charge is 0.310 e. The van der Waals surface area contributed by atoms with Crippen LogP contribution < -0.4 is 4.90 Å². The highest BCUT2D eigenvalue weighted by molar-refractivity contribution is 7.25. The molecule has 0 radical (unpaired) electrons. The van der Waals surface area contributed by atoms with E-state index in [0.717, 1.165) is 5.69 Å². The van der Waals surface area contributed by atoms with Gasteiger partial charge in [-0.2, -0.15) is 0 Å². The summed E-state index contributed by atoms with van der Waals surface area (Å²) in [5, 5.41) is 2.68. The first-order chi connectivity index (χ1) is 24.3. The minimum Gasteiger partial charge on any atom is -0.310 e. The monoisotopic (exact) mass is 659 g/mol. The molecule has 50 heavy (non-hydrogen) atoms. The third kappa shape index (κ3) is 4.06. The van der Waals surface area contributed by atoms with Gasteiger partial charge in [-0.3, -0.25) is 0 Å². The summed E-state index contributed by atoms with van der Waals surface area (Å²) in [5.74, 6) is 0. The lowest BCUT2D eigenvalue weighted by Gasteiger charge is -2.33. The van der Waals surface area contributed by atoms with Crippen LogP contribution in [0.3, 0.4) is 0 Å². The number of fused-ring (bicyclic) bond motifs is 9. The maximum Gasteiger partial charge on any atom is 0.0508 e. The van der Waals surface area contributed by atoms with Crippen LogP contribution >= 0.6 is 11.3 Å². The summed E-state index contributed by atoms with van der Waals surface area (Å²) in [6.07, 6.45) is 0. The lowest BCUT2D eigenvalue weighted by molar-refractivity contribution is 0.658. The van der Waals surface area contributed by atoms with Gasteiger partial charge in [-0.05, 0) is 98.1 Å². The highest BCUT2D eigenvalue weighted by Gasteiger charge is 2.40. The molecule has 1 nitrogen and oxygen atoms in total. The van der Waals surface area contributed by atoms with Crippen LogP contribution in [-0.2, 0) is 10.8 Å². The molecule has 1 aromatic heterocycles. The number of nitrogens with zero attached hydrogens (tertiary/aromatic N) is 1. The van der Waals surface area contributed by atoms with Crippen molar-refractivity contribution in [2.45, 2.75) is 38.5 Å². The van der Waals surface area contributed by atoms with Gasteiger partial charge >= 0.3 is 0 Å². The van der Waals surface area contributed by atoms with Gasteiger partial charge in [0.1, 0.15) is 0 Å². The van der Waals surface area contributed by atoms with Crippen molar-refractivity contribution < 1.29 is 0 Å². The van der Waals surface area contributed by atoms with Crippen LogP contribution in [-0.4, -0.2) is 0 Å². The Bertz CT molecular complexity index is 2650. The second-order valence-corrected chi connectivity index (χ2v) is 16.0. The van der Waals surface area contributed by atoms with Crippen molar-refractivity contribution in [3.8, 4) is 33.4 Å². The minimum atomic E-state index is -0.150. The van der Waals surface area contributed by atoms with Gasteiger partial charge in [0.25, 0.3) is 0 Å². The molecule has 0 fully saturated rings. The van der Waals surface area contributed by atoms with Gasteiger partial charge < -0.3 is 4.90 Å². The summed E-state index contributed by atoms with van der Waals surface area (Å²) in [6.45, 7) is 9.51. The van der Waals surface area contributed by atoms with E-state index in [2.05, 4.69) is 184 Å². The van der Waals surface area contributed by atoms with Crippen LogP contribution in [0.2, 0.25) is 0 Å². The third-order valence-corrected chi connectivity index (χ3v) is 12.6. The Kier molecular flexibility index (Phi) is 6.21.